The number of carboxylic acid groups (broad SMARTS) is 2. The quantitative estimate of drug-likeness (QED) is 0.361. The summed E-state index contributed by atoms with van der Waals surface area (Å²) in [5, 5.41) is 13.9. The van der Waals surface area contributed by atoms with E-state index in [-0.39, 0.29) is 0 Å². The SMILES string of the molecule is CCOOCC.O=C(O)O. The van der Waals surface area contributed by atoms with Crippen LogP contribution >= 0.6 is 0 Å². The molecule has 0 saturated carbocycles. The summed E-state index contributed by atoms with van der Waals surface area (Å²) >= 11 is 0. The maximum Gasteiger partial charge on any atom is 0.503 e. The number of hydrogen-bond donors (Lipinski definition) is 2. The lowest BCUT2D eigenvalue weighted by molar-refractivity contribution is -0.287. The maximum absolute atomic E-state index is 8.56. The summed E-state index contributed by atoms with van der Waals surface area (Å²) in [6, 6.07) is 0. The van der Waals surface area contributed by atoms with Crippen molar-refractivity contribution in [2.45, 2.75) is 13.8 Å². The van der Waals surface area contributed by atoms with Crippen molar-refractivity contribution in [1.82, 2.24) is 0 Å². The van der Waals surface area contributed by atoms with Crippen LogP contribution in [0.15, 0.2) is 0 Å². The molecule has 0 rings (SSSR count). The first kappa shape index (κ1) is 11.9. The molecular weight excluding hydrogens is 140 g/mol. The van der Waals surface area contributed by atoms with Gasteiger partial charge in [0.1, 0.15) is 0 Å². The predicted octanol–water partition coefficient (Wildman–Crippen LogP) is 1.20. The van der Waals surface area contributed by atoms with Crippen LogP contribution in [0, 0.1) is 0 Å². The van der Waals surface area contributed by atoms with E-state index in [2.05, 4.69) is 9.78 Å². The summed E-state index contributed by atoms with van der Waals surface area (Å²) in [5.41, 5.74) is 0. The van der Waals surface area contributed by atoms with Crippen molar-refractivity contribution in [3.8, 4) is 0 Å². The van der Waals surface area contributed by atoms with Gasteiger partial charge in [0, 0.05) is 0 Å². The molecule has 0 saturated heterocycles. The highest BCUT2D eigenvalue weighted by molar-refractivity contribution is 5.53. The van der Waals surface area contributed by atoms with Crippen molar-refractivity contribution in [2.75, 3.05) is 13.2 Å². The molecule has 0 amide bonds. The number of rotatable bonds is 3. The minimum absolute atomic E-state index is 0.633. The molecule has 0 aliphatic heterocycles. The average molecular weight is 152 g/mol. The Balaban J connectivity index is 0. The van der Waals surface area contributed by atoms with Gasteiger partial charge in [0.15, 0.2) is 0 Å². The molecule has 0 aromatic rings. The standard InChI is InChI=1S/C4H10O2.CH2O3/c1-3-5-6-4-2;2-1(3)4/h3-4H2,1-2H3;(H2,2,3,4). The molecule has 0 aliphatic carbocycles. The van der Waals surface area contributed by atoms with Gasteiger partial charge in [-0.25, -0.2) is 14.6 Å². The lowest BCUT2D eigenvalue weighted by atomic mass is 10.9. The van der Waals surface area contributed by atoms with Crippen molar-refractivity contribution in [3.63, 3.8) is 0 Å². The highest BCUT2D eigenvalue weighted by atomic mass is 17.2. The van der Waals surface area contributed by atoms with E-state index >= 15 is 0 Å². The van der Waals surface area contributed by atoms with E-state index in [1.54, 1.807) is 0 Å². The van der Waals surface area contributed by atoms with E-state index in [9.17, 15) is 0 Å². The molecule has 0 unspecified atom stereocenters. The molecule has 0 atom stereocenters. The summed E-state index contributed by atoms with van der Waals surface area (Å²) in [4.78, 5) is 17.5. The largest absolute Gasteiger partial charge is 0.503 e. The molecule has 2 N–H and O–H groups in total. The van der Waals surface area contributed by atoms with Crippen LogP contribution < -0.4 is 0 Å². The van der Waals surface area contributed by atoms with Crippen LogP contribution in [-0.4, -0.2) is 29.6 Å². The molecule has 62 valence electrons. The van der Waals surface area contributed by atoms with Crippen LogP contribution in [-0.2, 0) is 9.78 Å². The van der Waals surface area contributed by atoms with Gasteiger partial charge in [0.25, 0.3) is 0 Å². The third-order valence-electron chi connectivity index (χ3n) is 0.319. The molecule has 5 heteroatoms. The molecule has 10 heavy (non-hydrogen) atoms. The second-order valence-electron chi connectivity index (χ2n) is 1.10. The zero-order valence-corrected chi connectivity index (χ0v) is 6.03. The van der Waals surface area contributed by atoms with E-state index in [0.29, 0.717) is 13.2 Å². The smallest absolute Gasteiger partial charge is 0.450 e. The normalized spacial score (nSPS) is 7.80. The lowest BCUT2D eigenvalue weighted by Gasteiger charge is -1.92. The van der Waals surface area contributed by atoms with Crippen molar-refractivity contribution in [2.24, 2.45) is 0 Å². The predicted molar refractivity (Wildman–Crippen MR) is 33.9 cm³/mol. The van der Waals surface area contributed by atoms with Gasteiger partial charge in [0.05, 0.1) is 13.2 Å². The molecule has 0 spiro atoms. The number of hydrogen-bond acceptors (Lipinski definition) is 3. The monoisotopic (exact) mass is 152 g/mol. The van der Waals surface area contributed by atoms with Crippen LogP contribution in [0.5, 0.6) is 0 Å². The second kappa shape index (κ2) is 11.0. The Morgan fingerprint density at radius 3 is 1.50 bits per heavy atom. The van der Waals surface area contributed by atoms with Crippen molar-refractivity contribution in [3.05, 3.63) is 0 Å². The molecule has 0 aromatic carbocycles. The van der Waals surface area contributed by atoms with Gasteiger partial charge in [-0.2, -0.15) is 0 Å². The maximum atomic E-state index is 8.56. The molecule has 0 aromatic heterocycles. The van der Waals surface area contributed by atoms with E-state index in [1.165, 1.54) is 0 Å². The zero-order chi connectivity index (χ0) is 8.41. The van der Waals surface area contributed by atoms with Crippen molar-refractivity contribution >= 4 is 6.16 Å². The van der Waals surface area contributed by atoms with E-state index < -0.39 is 6.16 Å². The third-order valence-corrected chi connectivity index (χ3v) is 0.319. The highest BCUT2D eigenvalue weighted by Gasteiger charge is 1.71. The molecule has 0 heterocycles. The Kier molecular flexibility index (Phi) is 13.2. The van der Waals surface area contributed by atoms with Crippen LogP contribution in [0.1, 0.15) is 13.8 Å². The van der Waals surface area contributed by atoms with Crippen LogP contribution in [0.2, 0.25) is 0 Å². The molecule has 0 bridgehead atoms. The zero-order valence-electron chi connectivity index (χ0n) is 6.03. The summed E-state index contributed by atoms with van der Waals surface area (Å²) in [5.74, 6) is 0. The van der Waals surface area contributed by atoms with Crippen LogP contribution in [0.3, 0.4) is 0 Å². The fourth-order valence-corrected chi connectivity index (χ4v) is 0.167. The molecule has 5 nitrogen and oxygen atoms in total. The van der Waals surface area contributed by atoms with Gasteiger partial charge in [-0.05, 0) is 13.8 Å². The first-order valence-electron chi connectivity index (χ1n) is 2.81. The van der Waals surface area contributed by atoms with Crippen molar-refractivity contribution in [1.29, 1.82) is 0 Å². The van der Waals surface area contributed by atoms with E-state index in [4.69, 9.17) is 15.0 Å². The Hall–Kier alpha value is -0.810. The Morgan fingerprint density at radius 2 is 1.40 bits per heavy atom. The first-order valence-corrected chi connectivity index (χ1v) is 2.81. The van der Waals surface area contributed by atoms with Gasteiger partial charge < -0.3 is 10.2 Å². The topological polar surface area (TPSA) is 76.0 Å². The second-order valence-corrected chi connectivity index (χ2v) is 1.10. The van der Waals surface area contributed by atoms with Gasteiger partial charge in [-0.1, -0.05) is 0 Å². The number of carbonyl (C=O) groups is 1. The summed E-state index contributed by atoms with van der Waals surface area (Å²) < 4.78 is 0. The Labute approximate surface area is 59.1 Å². The van der Waals surface area contributed by atoms with E-state index in [1.807, 2.05) is 13.8 Å². The third kappa shape index (κ3) is 57.4. The fraction of sp³-hybridized carbons (Fsp3) is 0.800. The van der Waals surface area contributed by atoms with Gasteiger partial charge >= 0.3 is 6.16 Å². The highest BCUT2D eigenvalue weighted by Crippen LogP contribution is 1.72. The van der Waals surface area contributed by atoms with Crippen molar-refractivity contribution < 1.29 is 24.8 Å². The molecular formula is C5H12O5. The fourth-order valence-electron chi connectivity index (χ4n) is 0.167. The summed E-state index contributed by atoms with van der Waals surface area (Å²) in [6.07, 6.45) is -1.83. The molecule has 0 fully saturated rings. The molecule has 0 aliphatic rings. The van der Waals surface area contributed by atoms with Crippen LogP contribution in [0.4, 0.5) is 4.79 Å². The molecule has 0 radical (unpaired) electrons. The summed E-state index contributed by atoms with van der Waals surface area (Å²) in [6.45, 7) is 5.03. The van der Waals surface area contributed by atoms with Gasteiger partial charge in [-0.15, -0.1) is 0 Å². The van der Waals surface area contributed by atoms with Crippen LogP contribution in [0.25, 0.3) is 0 Å². The van der Waals surface area contributed by atoms with Gasteiger partial charge in [0.2, 0.25) is 0 Å². The minimum Gasteiger partial charge on any atom is -0.450 e. The lowest BCUT2D eigenvalue weighted by Crippen LogP contribution is -1.90. The minimum atomic E-state index is -1.83. The van der Waals surface area contributed by atoms with E-state index in [0.717, 1.165) is 0 Å². The van der Waals surface area contributed by atoms with Gasteiger partial charge in [-0.3, -0.25) is 0 Å². The Morgan fingerprint density at radius 1 is 1.20 bits per heavy atom. The average Bonchev–Trinajstić information content (AvgIpc) is 1.82. The summed E-state index contributed by atoms with van der Waals surface area (Å²) in [7, 11) is 0. The first-order chi connectivity index (χ1) is 4.65. The Bertz CT molecular complexity index is 64.4.